The van der Waals surface area contributed by atoms with Gasteiger partial charge in [0, 0.05) is 12.7 Å². The Kier molecular flexibility index (Phi) is 5.62. The van der Waals surface area contributed by atoms with E-state index in [0.717, 1.165) is 12.1 Å². The number of ether oxygens (including phenoxy) is 1. The molecule has 1 rings (SSSR count). The van der Waals surface area contributed by atoms with Crippen molar-refractivity contribution in [2.45, 2.75) is 19.9 Å². The number of benzene rings is 1. The molecule has 3 nitrogen and oxygen atoms in total. The number of hydrogen-bond acceptors (Lipinski definition) is 3. The number of nitrogens with one attached hydrogen (secondary N) is 1. The van der Waals surface area contributed by atoms with Crippen molar-refractivity contribution in [3.05, 3.63) is 29.3 Å². The molecule has 19 heavy (non-hydrogen) atoms. The molecule has 6 heteroatoms. The van der Waals surface area contributed by atoms with Crippen LogP contribution in [0.5, 0.6) is 0 Å². The highest BCUT2D eigenvalue weighted by Gasteiger charge is 2.18. The lowest BCUT2D eigenvalue weighted by Crippen LogP contribution is -2.31. The third kappa shape index (κ3) is 4.11. The first-order chi connectivity index (χ1) is 8.86. The van der Waals surface area contributed by atoms with Crippen LogP contribution in [0.3, 0.4) is 0 Å². The normalized spacial score (nSPS) is 12.5. The molecular formula is C13H18F2N2OS. The minimum atomic E-state index is -0.718. The molecule has 0 saturated carbocycles. The second kappa shape index (κ2) is 6.77. The summed E-state index contributed by atoms with van der Waals surface area (Å²) in [5.74, 6) is -1.27. The summed E-state index contributed by atoms with van der Waals surface area (Å²) >= 11 is 4.70. The molecule has 1 unspecified atom stereocenters. The molecule has 1 atom stereocenters. The van der Waals surface area contributed by atoms with Crippen molar-refractivity contribution in [1.29, 1.82) is 0 Å². The first kappa shape index (κ1) is 15.8. The minimum Gasteiger partial charge on any atom is -0.389 e. The molecule has 1 aromatic carbocycles. The van der Waals surface area contributed by atoms with Gasteiger partial charge in [-0.2, -0.15) is 0 Å². The zero-order chi connectivity index (χ0) is 14.6. The maximum atomic E-state index is 13.9. The summed E-state index contributed by atoms with van der Waals surface area (Å²) in [5.41, 5.74) is 5.34. The van der Waals surface area contributed by atoms with Crippen molar-refractivity contribution in [2.24, 2.45) is 11.7 Å². The van der Waals surface area contributed by atoms with Crippen LogP contribution in [-0.4, -0.2) is 24.7 Å². The van der Waals surface area contributed by atoms with Crippen LogP contribution in [0.4, 0.5) is 14.5 Å². The zero-order valence-corrected chi connectivity index (χ0v) is 12.0. The second-order valence-electron chi connectivity index (χ2n) is 4.63. The van der Waals surface area contributed by atoms with E-state index >= 15 is 0 Å². The summed E-state index contributed by atoms with van der Waals surface area (Å²) in [6.07, 6.45) is 0. The Morgan fingerprint density at radius 1 is 1.37 bits per heavy atom. The third-order valence-electron chi connectivity index (χ3n) is 2.81. The van der Waals surface area contributed by atoms with E-state index in [9.17, 15) is 8.78 Å². The minimum absolute atomic E-state index is 0.0401. The van der Waals surface area contributed by atoms with E-state index in [4.69, 9.17) is 22.7 Å². The number of thiocarbonyl (C=S) groups is 1. The predicted octanol–water partition coefficient (Wildman–Crippen LogP) is 2.68. The lowest BCUT2D eigenvalue weighted by Gasteiger charge is -2.23. The van der Waals surface area contributed by atoms with Gasteiger partial charge in [-0.3, -0.25) is 0 Å². The number of anilines is 1. The van der Waals surface area contributed by atoms with Gasteiger partial charge in [0.05, 0.1) is 12.6 Å². The van der Waals surface area contributed by atoms with Gasteiger partial charge in [0.2, 0.25) is 0 Å². The third-order valence-corrected chi connectivity index (χ3v) is 3.04. The average Bonchev–Trinajstić information content (AvgIpc) is 2.31. The van der Waals surface area contributed by atoms with E-state index in [-0.39, 0.29) is 28.2 Å². The van der Waals surface area contributed by atoms with Gasteiger partial charge in [-0.05, 0) is 18.1 Å². The number of nitrogens with two attached hydrogens (primary N) is 1. The highest BCUT2D eigenvalue weighted by molar-refractivity contribution is 7.80. The molecule has 1 aromatic rings. The van der Waals surface area contributed by atoms with Crippen LogP contribution in [0.25, 0.3) is 0 Å². The highest BCUT2D eigenvalue weighted by atomic mass is 32.1. The van der Waals surface area contributed by atoms with Gasteiger partial charge in [-0.1, -0.05) is 26.1 Å². The Morgan fingerprint density at radius 2 is 1.89 bits per heavy atom. The molecule has 106 valence electrons. The monoisotopic (exact) mass is 288 g/mol. The molecule has 0 amide bonds. The van der Waals surface area contributed by atoms with E-state index < -0.39 is 11.6 Å². The Hall–Kier alpha value is -1.27. The Bertz CT molecular complexity index is 443. The topological polar surface area (TPSA) is 47.3 Å². The van der Waals surface area contributed by atoms with Gasteiger partial charge in [0.25, 0.3) is 0 Å². The fourth-order valence-corrected chi connectivity index (χ4v) is 1.74. The summed E-state index contributed by atoms with van der Waals surface area (Å²) < 4.78 is 32.8. The summed E-state index contributed by atoms with van der Waals surface area (Å²) in [4.78, 5) is -0.0401. The van der Waals surface area contributed by atoms with Crippen molar-refractivity contribution in [2.75, 3.05) is 19.0 Å². The van der Waals surface area contributed by atoms with E-state index in [1.54, 1.807) is 7.11 Å². The van der Waals surface area contributed by atoms with Crippen LogP contribution in [0.1, 0.15) is 19.4 Å². The molecule has 3 N–H and O–H groups in total. The lowest BCUT2D eigenvalue weighted by atomic mass is 10.0. The fourth-order valence-electron chi connectivity index (χ4n) is 1.62. The van der Waals surface area contributed by atoms with Crippen molar-refractivity contribution in [3.8, 4) is 0 Å². The molecule has 0 saturated heterocycles. The van der Waals surface area contributed by atoms with Gasteiger partial charge < -0.3 is 15.8 Å². The number of rotatable bonds is 6. The summed E-state index contributed by atoms with van der Waals surface area (Å²) in [7, 11) is 1.54. The lowest BCUT2D eigenvalue weighted by molar-refractivity contribution is 0.171. The van der Waals surface area contributed by atoms with Gasteiger partial charge in [0.1, 0.15) is 22.3 Å². The molecule has 0 aliphatic carbocycles. The zero-order valence-electron chi connectivity index (χ0n) is 11.2. The molecule has 0 heterocycles. The Morgan fingerprint density at radius 3 is 2.26 bits per heavy atom. The van der Waals surface area contributed by atoms with Crippen molar-refractivity contribution >= 4 is 22.9 Å². The molecule has 0 radical (unpaired) electrons. The van der Waals surface area contributed by atoms with Gasteiger partial charge in [-0.15, -0.1) is 0 Å². The largest absolute Gasteiger partial charge is 0.389 e. The van der Waals surface area contributed by atoms with Crippen LogP contribution in [0.15, 0.2) is 12.1 Å². The molecule has 0 aliphatic rings. The molecule has 0 spiro atoms. The van der Waals surface area contributed by atoms with Gasteiger partial charge in [-0.25, -0.2) is 8.78 Å². The SMILES string of the molecule is COCC(Nc1c(F)cc(C(N)=S)cc1F)C(C)C. The second-order valence-corrected chi connectivity index (χ2v) is 5.07. The predicted molar refractivity (Wildman–Crippen MR) is 76.4 cm³/mol. The first-order valence-electron chi connectivity index (χ1n) is 5.91. The number of methoxy groups -OCH3 is 1. The highest BCUT2D eigenvalue weighted by Crippen LogP contribution is 2.23. The van der Waals surface area contributed by atoms with Crippen molar-refractivity contribution in [3.63, 3.8) is 0 Å². The van der Waals surface area contributed by atoms with Crippen LogP contribution >= 0.6 is 12.2 Å². The van der Waals surface area contributed by atoms with E-state index in [2.05, 4.69) is 5.32 Å². The summed E-state index contributed by atoms with van der Waals surface area (Å²) in [6, 6.07) is 2.06. The van der Waals surface area contributed by atoms with E-state index in [1.807, 2.05) is 13.8 Å². The molecule has 0 fully saturated rings. The molecule has 0 aromatic heterocycles. The standard InChI is InChI=1S/C13H18F2N2OS/c1-7(2)11(6-18-3)17-12-9(14)4-8(13(16)19)5-10(12)15/h4-5,7,11,17H,6H2,1-3H3,(H2,16,19). The summed E-state index contributed by atoms with van der Waals surface area (Å²) in [6.45, 7) is 4.24. The van der Waals surface area contributed by atoms with Crippen LogP contribution in [-0.2, 0) is 4.74 Å². The first-order valence-corrected chi connectivity index (χ1v) is 6.32. The number of halogens is 2. The number of hydrogen-bond donors (Lipinski definition) is 2. The average molecular weight is 288 g/mol. The van der Waals surface area contributed by atoms with Gasteiger partial charge >= 0.3 is 0 Å². The quantitative estimate of drug-likeness (QED) is 0.790. The fraction of sp³-hybridized carbons (Fsp3) is 0.462. The van der Waals surface area contributed by atoms with Crippen LogP contribution < -0.4 is 11.1 Å². The van der Waals surface area contributed by atoms with Crippen LogP contribution in [0, 0.1) is 17.6 Å². The smallest absolute Gasteiger partial charge is 0.150 e. The van der Waals surface area contributed by atoms with Crippen molar-refractivity contribution < 1.29 is 13.5 Å². The maximum absolute atomic E-state index is 13.9. The van der Waals surface area contributed by atoms with E-state index in [1.165, 1.54) is 0 Å². The summed E-state index contributed by atoms with van der Waals surface area (Å²) in [5, 5.41) is 2.82. The van der Waals surface area contributed by atoms with Crippen molar-refractivity contribution in [1.82, 2.24) is 0 Å². The molecule has 0 bridgehead atoms. The van der Waals surface area contributed by atoms with Gasteiger partial charge in [0.15, 0.2) is 0 Å². The van der Waals surface area contributed by atoms with Crippen LogP contribution in [0.2, 0.25) is 0 Å². The van der Waals surface area contributed by atoms with E-state index in [0.29, 0.717) is 6.61 Å². The Labute approximate surface area is 117 Å². The maximum Gasteiger partial charge on any atom is 0.150 e. The molecule has 0 aliphatic heterocycles. The Balaban J connectivity index is 3.04. The molecular weight excluding hydrogens is 270 g/mol.